The molecule has 0 aliphatic rings. The predicted molar refractivity (Wildman–Crippen MR) is 104 cm³/mol. The molecule has 0 bridgehead atoms. The van der Waals surface area contributed by atoms with Gasteiger partial charge >= 0.3 is 21.7 Å². The first-order valence-electron chi connectivity index (χ1n) is 8.43. The molecule has 2 unspecified atom stereocenters. The zero-order valence-corrected chi connectivity index (χ0v) is 18.6. The van der Waals surface area contributed by atoms with Gasteiger partial charge in [0.2, 0.25) is 0 Å². The molecule has 0 saturated heterocycles. The molecule has 0 aliphatic heterocycles. The minimum Gasteiger partial charge on any atom is -0.358 e. The van der Waals surface area contributed by atoms with E-state index in [0.29, 0.717) is 11.8 Å². The Morgan fingerprint density at radius 2 is 1.52 bits per heavy atom. The Kier molecular flexibility index (Phi) is 17.4. The van der Waals surface area contributed by atoms with Crippen molar-refractivity contribution in [2.75, 3.05) is 20.6 Å². The van der Waals surface area contributed by atoms with Crippen LogP contribution < -0.4 is 0 Å². The summed E-state index contributed by atoms with van der Waals surface area (Å²) in [7, 11) is 4.33. The fraction of sp³-hybridized carbons (Fsp3) is 0.667. The van der Waals surface area contributed by atoms with E-state index in [4.69, 9.17) is 0 Å². The summed E-state index contributed by atoms with van der Waals surface area (Å²) in [5, 5.41) is 0. The Morgan fingerprint density at radius 3 is 2.00 bits per heavy atom. The number of nitrogens with zero attached hydrogens (tertiary/aromatic N) is 1. The molecule has 0 heterocycles. The van der Waals surface area contributed by atoms with Crippen molar-refractivity contribution in [3.05, 3.63) is 43.7 Å². The van der Waals surface area contributed by atoms with Gasteiger partial charge in [0, 0.05) is 0 Å². The monoisotopic (exact) mass is 354 g/mol. The second kappa shape index (κ2) is 14.4. The molecule has 0 spiro atoms. The van der Waals surface area contributed by atoms with Crippen molar-refractivity contribution < 1.29 is 21.7 Å². The first-order valence-corrected chi connectivity index (χ1v) is 8.43. The molecule has 1 nitrogen and oxygen atoms in total. The van der Waals surface area contributed by atoms with E-state index in [2.05, 4.69) is 58.8 Å². The van der Waals surface area contributed by atoms with Crippen molar-refractivity contribution in [3.63, 3.8) is 0 Å². The van der Waals surface area contributed by atoms with Gasteiger partial charge in [-0.2, -0.15) is 22.8 Å². The van der Waals surface area contributed by atoms with Gasteiger partial charge in [-0.15, -0.1) is 0 Å². The second-order valence-electron chi connectivity index (χ2n) is 6.70. The minimum absolute atomic E-state index is 0. The molecule has 0 fully saturated rings. The summed E-state index contributed by atoms with van der Waals surface area (Å²) < 4.78 is 0. The van der Waals surface area contributed by atoms with Crippen LogP contribution in [0, 0.1) is 14.9 Å². The smallest absolute Gasteiger partial charge is 0.358 e. The number of hydrogen-bond acceptors (Lipinski definition) is 1. The van der Waals surface area contributed by atoms with Gasteiger partial charge in [0.25, 0.3) is 0 Å². The van der Waals surface area contributed by atoms with E-state index in [1.54, 1.807) is 16.7 Å². The minimum atomic E-state index is 0. The van der Waals surface area contributed by atoms with Gasteiger partial charge in [-0.3, -0.25) is 0 Å². The molecule has 0 aromatic heterocycles. The summed E-state index contributed by atoms with van der Waals surface area (Å²) >= 11 is 0. The third kappa shape index (κ3) is 9.18. The summed E-state index contributed by atoms with van der Waals surface area (Å²) in [4.78, 5) is 2.29. The first kappa shape index (κ1) is 27.9. The molecule has 1 rings (SSSR count). The molecule has 23 heavy (non-hydrogen) atoms. The van der Waals surface area contributed by atoms with E-state index in [1.807, 2.05) is 0 Å². The van der Waals surface area contributed by atoms with Crippen LogP contribution in [-0.2, 0) is 28.1 Å². The largest absolute Gasteiger partial charge is 3.00 e. The van der Waals surface area contributed by atoms with E-state index in [1.165, 1.54) is 32.1 Å². The van der Waals surface area contributed by atoms with E-state index in [0.717, 1.165) is 6.54 Å². The number of likely N-dealkylation sites (N-methyl/N-ethyl adjacent to an activating group) is 1. The van der Waals surface area contributed by atoms with Gasteiger partial charge in [0.05, 0.1) is 0 Å². The van der Waals surface area contributed by atoms with Crippen LogP contribution in [0.1, 0.15) is 81.9 Å². The Labute approximate surface area is 162 Å². The summed E-state index contributed by atoms with van der Waals surface area (Å²) in [5.74, 6) is 1.42. The van der Waals surface area contributed by atoms with Crippen molar-refractivity contribution in [2.45, 2.75) is 71.6 Å². The van der Waals surface area contributed by atoms with Crippen LogP contribution in [0.3, 0.4) is 0 Å². The molecule has 1 radical (unpaired) electrons. The van der Waals surface area contributed by atoms with Crippen LogP contribution in [0.15, 0.2) is 12.1 Å². The molecule has 0 aliphatic carbocycles. The molecule has 1 aromatic carbocycles. The number of rotatable bonds is 9. The van der Waals surface area contributed by atoms with E-state index in [-0.39, 0.29) is 36.6 Å². The van der Waals surface area contributed by atoms with E-state index < -0.39 is 0 Å². The van der Waals surface area contributed by atoms with Crippen LogP contribution >= 0.6 is 0 Å². The van der Waals surface area contributed by atoms with Gasteiger partial charge in [-0.1, -0.05) is 59.3 Å². The standard InChI is InChI=1S/C19H34N.2CH3.Ti/c1-7-9-15(3)18-13-17(11-12-20(5)6)19(14-18)16(4)10-8-2;;;/h13-16H,7-12H2,1-6H3;2*1H3;/q3*-1;+3. The topological polar surface area (TPSA) is 3.24 Å². The predicted octanol–water partition coefficient (Wildman–Crippen LogP) is 6.21. The average molecular weight is 354 g/mol. The second-order valence-corrected chi connectivity index (χ2v) is 6.70. The van der Waals surface area contributed by atoms with Crippen molar-refractivity contribution in [1.29, 1.82) is 0 Å². The summed E-state index contributed by atoms with van der Waals surface area (Å²) in [5.41, 5.74) is 4.78. The van der Waals surface area contributed by atoms with Gasteiger partial charge in [0.15, 0.2) is 0 Å². The van der Waals surface area contributed by atoms with Crippen LogP contribution in [0.25, 0.3) is 0 Å². The Balaban J connectivity index is -0.00000133. The fourth-order valence-corrected chi connectivity index (χ4v) is 3.09. The van der Waals surface area contributed by atoms with Crippen molar-refractivity contribution in [2.24, 2.45) is 0 Å². The van der Waals surface area contributed by atoms with Crippen molar-refractivity contribution in [3.8, 4) is 0 Å². The maximum Gasteiger partial charge on any atom is 3.00 e. The van der Waals surface area contributed by atoms with Crippen LogP contribution in [0.5, 0.6) is 0 Å². The fourth-order valence-electron chi connectivity index (χ4n) is 3.09. The van der Waals surface area contributed by atoms with Crippen LogP contribution in [0.4, 0.5) is 0 Å². The first-order chi connectivity index (χ1) is 9.49. The Bertz CT molecular complexity index is 381. The maximum absolute atomic E-state index is 2.51. The molecule has 2 heteroatoms. The summed E-state index contributed by atoms with van der Waals surface area (Å²) in [6.45, 7) is 10.5. The third-order valence-electron chi connectivity index (χ3n) is 4.41. The molecule has 133 valence electrons. The molecule has 0 amide bonds. The van der Waals surface area contributed by atoms with Crippen LogP contribution in [0.2, 0.25) is 0 Å². The SMILES string of the molecule is CCCC(C)c1cc(C(C)CCC)[c-](CCN(C)C)c1.[CH3-].[CH3-].[Ti+3]. The van der Waals surface area contributed by atoms with E-state index in [9.17, 15) is 0 Å². The van der Waals surface area contributed by atoms with Crippen molar-refractivity contribution >= 4 is 0 Å². The van der Waals surface area contributed by atoms with Crippen LogP contribution in [-0.4, -0.2) is 25.5 Å². The van der Waals surface area contributed by atoms with Gasteiger partial charge in [-0.05, 0) is 33.0 Å². The van der Waals surface area contributed by atoms with Gasteiger partial charge < -0.3 is 19.8 Å². The summed E-state index contributed by atoms with van der Waals surface area (Å²) in [6, 6.07) is 5.00. The molecule has 1 aromatic rings. The van der Waals surface area contributed by atoms with Gasteiger partial charge in [0.1, 0.15) is 0 Å². The molecule has 0 saturated carbocycles. The average Bonchev–Trinajstić information content (AvgIpc) is 2.81. The molecule has 2 atom stereocenters. The maximum atomic E-state index is 2.51. The zero-order chi connectivity index (χ0) is 15.1. The Morgan fingerprint density at radius 1 is 1.00 bits per heavy atom. The molecular formula is C21H40NTi. The van der Waals surface area contributed by atoms with Gasteiger partial charge in [-0.25, -0.2) is 6.07 Å². The van der Waals surface area contributed by atoms with E-state index >= 15 is 0 Å². The quantitative estimate of drug-likeness (QED) is 0.376. The molecule has 0 N–H and O–H groups in total. The zero-order valence-electron chi connectivity index (χ0n) is 17.0. The number of hydrogen-bond donors (Lipinski definition) is 0. The Hall–Kier alpha value is 0.0243. The van der Waals surface area contributed by atoms with Crippen molar-refractivity contribution in [1.82, 2.24) is 4.90 Å². The summed E-state index contributed by atoms with van der Waals surface area (Å²) in [6.07, 6.45) is 6.35. The third-order valence-corrected chi connectivity index (χ3v) is 4.41. The normalized spacial score (nSPS) is 12.8. The molecular weight excluding hydrogens is 314 g/mol.